The Morgan fingerprint density at radius 2 is 1.36 bits per heavy atom. The highest BCUT2D eigenvalue weighted by atomic mass is 32.2. The summed E-state index contributed by atoms with van der Waals surface area (Å²) in [6.07, 6.45) is -13.0. The molecule has 0 aliphatic rings. The van der Waals surface area contributed by atoms with E-state index in [1.54, 1.807) is 0 Å². The zero-order chi connectivity index (χ0) is 19.7. The van der Waals surface area contributed by atoms with Crippen LogP contribution in [0.2, 0.25) is 0 Å². The highest BCUT2D eigenvalue weighted by Gasteiger charge is 2.68. The average Bonchev–Trinajstić information content (AvgIpc) is 2.41. The summed E-state index contributed by atoms with van der Waals surface area (Å²) in [7, 11) is 0. The van der Waals surface area contributed by atoms with Gasteiger partial charge in [0.15, 0.2) is 5.60 Å². The molecule has 142 valence electrons. The third-order valence-corrected chi connectivity index (χ3v) is 3.35. The number of esters is 1. The maximum absolute atomic E-state index is 12.3. The van der Waals surface area contributed by atoms with Gasteiger partial charge in [-0.05, 0) is 29.5 Å². The minimum Gasteiger partial charge on any atom is -0.828 e. The second-order valence-electron chi connectivity index (χ2n) is 4.44. The van der Waals surface area contributed by atoms with Crippen molar-refractivity contribution in [3.63, 3.8) is 0 Å². The second-order valence-corrected chi connectivity index (χ2v) is 5.58. The molecule has 0 aromatic heterocycles. The molecule has 0 fully saturated rings. The molecular weight excluding hydrogens is 395 g/mol. The fraction of sp³-hybridized carbons (Fsp3) is 0.417. The van der Waals surface area contributed by atoms with Gasteiger partial charge in [-0.15, -0.1) is 0 Å². The van der Waals surface area contributed by atoms with Crippen LogP contribution in [0, 0.1) is 0 Å². The van der Waals surface area contributed by atoms with E-state index in [1.165, 1.54) is 0 Å². The molecule has 0 atom stereocenters. The summed E-state index contributed by atoms with van der Waals surface area (Å²) in [4.78, 5) is 10.7. The van der Waals surface area contributed by atoms with Crippen LogP contribution in [0.25, 0.3) is 0 Å². The van der Waals surface area contributed by atoms with E-state index in [9.17, 15) is 49.4 Å². The number of hydrogen-bond acceptors (Lipinski definition) is 4. The Hall–Kier alpha value is -1.63. The van der Waals surface area contributed by atoms with Crippen molar-refractivity contribution < 1.29 is 54.2 Å². The maximum Gasteiger partial charge on any atom is 0.446 e. The predicted molar refractivity (Wildman–Crippen MR) is 63.0 cm³/mol. The van der Waals surface area contributed by atoms with Gasteiger partial charge in [-0.1, -0.05) is 12.1 Å². The Morgan fingerprint density at radius 1 is 0.920 bits per heavy atom. The van der Waals surface area contributed by atoms with E-state index in [-0.39, 0.29) is 10.5 Å². The summed E-state index contributed by atoms with van der Waals surface area (Å²) in [5, 5.41) is 11.0. The molecule has 0 saturated heterocycles. The van der Waals surface area contributed by atoms with Crippen molar-refractivity contribution in [1.29, 1.82) is 0 Å². The van der Waals surface area contributed by atoms with Crippen LogP contribution in [0.5, 0.6) is 0 Å². The van der Waals surface area contributed by atoms with E-state index in [0.717, 1.165) is 24.3 Å². The lowest BCUT2D eigenvalue weighted by Crippen LogP contribution is -2.71. The van der Waals surface area contributed by atoms with Gasteiger partial charge in [0.1, 0.15) is 6.61 Å². The zero-order valence-corrected chi connectivity index (χ0v) is 12.4. The molecule has 0 saturated carbocycles. The fourth-order valence-corrected chi connectivity index (χ4v) is 1.97. The molecule has 1 aromatic carbocycles. The average molecular weight is 401 g/mol. The largest absolute Gasteiger partial charge is 0.828 e. The molecule has 3 nitrogen and oxygen atoms in total. The summed E-state index contributed by atoms with van der Waals surface area (Å²) in [6.45, 7) is -1.16. The van der Waals surface area contributed by atoms with Crippen LogP contribution < -0.4 is 5.11 Å². The number of halogens is 9. The quantitative estimate of drug-likeness (QED) is 0.440. The minimum absolute atomic E-state index is 0.216. The van der Waals surface area contributed by atoms with Crippen LogP contribution in [0.15, 0.2) is 29.2 Å². The van der Waals surface area contributed by atoms with Crippen molar-refractivity contribution in [3.8, 4) is 0 Å². The van der Waals surface area contributed by atoms with Crippen LogP contribution in [-0.4, -0.2) is 29.4 Å². The SMILES string of the molecule is O=C(OCc1ccc(SC(F)(F)F)cc1)C([O-])(C(F)(F)F)C(F)(F)F. The molecule has 0 amide bonds. The Kier molecular flexibility index (Phi) is 5.94. The topological polar surface area (TPSA) is 49.4 Å². The van der Waals surface area contributed by atoms with Crippen LogP contribution in [0.4, 0.5) is 39.5 Å². The normalized spacial score (nSPS) is 13.7. The van der Waals surface area contributed by atoms with Gasteiger partial charge < -0.3 is 9.84 Å². The molecule has 0 radical (unpaired) electrons. The number of rotatable bonds is 4. The number of alkyl halides is 9. The smallest absolute Gasteiger partial charge is 0.446 e. The molecule has 13 heteroatoms. The molecule has 0 heterocycles. The van der Waals surface area contributed by atoms with Gasteiger partial charge in [0.25, 0.3) is 0 Å². The first-order valence-corrected chi connectivity index (χ1v) is 6.75. The molecule has 1 rings (SSSR count). The van der Waals surface area contributed by atoms with Gasteiger partial charge >= 0.3 is 23.8 Å². The van der Waals surface area contributed by atoms with Crippen molar-refractivity contribution in [2.45, 2.75) is 35.0 Å². The lowest BCUT2D eigenvalue weighted by Gasteiger charge is -2.40. The first-order valence-electron chi connectivity index (χ1n) is 5.94. The van der Waals surface area contributed by atoms with Crippen LogP contribution >= 0.6 is 11.8 Å². The van der Waals surface area contributed by atoms with Gasteiger partial charge in [-0.3, -0.25) is 4.79 Å². The van der Waals surface area contributed by atoms with Gasteiger partial charge in [0.05, 0.1) is 0 Å². The first-order chi connectivity index (χ1) is 11.1. The molecule has 1 aromatic rings. The third kappa shape index (κ3) is 5.17. The number of carbonyl (C=O) groups is 1. The molecule has 0 aliphatic heterocycles. The monoisotopic (exact) mass is 401 g/mol. The Balaban J connectivity index is 2.85. The number of ether oxygens (including phenoxy) is 1. The lowest BCUT2D eigenvalue weighted by atomic mass is 10.0. The zero-order valence-electron chi connectivity index (χ0n) is 11.6. The summed E-state index contributed by atoms with van der Waals surface area (Å²) >= 11 is -0.510. The highest BCUT2D eigenvalue weighted by molar-refractivity contribution is 8.00. The van der Waals surface area contributed by atoms with Gasteiger partial charge in [-0.25, -0.2) is 0 Å². The molecule has 25 heavy (non-hydrogen) atoms. The molecule has 0 N–H and O–H groups in total. The number of carbonyl (C=O) groups excluding carboxylic acids is 1. The van der Waals surface area contributed by atoms with Crippen LogP contribution in [-0.2, 0) is 16.1 Å². The number of benzene rings is 1. The standard InChI is InChI=1S/C12H6F9O3S/c13-10(14,15)9(23,11(16,17)18)8(22)24-5-6-1-3-7(4-2-6)25-12(19,20)21/h1-4H,5H2/q-1. The number of hydrogen-bond donors (Lipinski definition) is 0. The van der Waals surface area contributed by atoms with Crippen molar-refractivity contribution in [2.24, 2.45) is 0 Å². The van der Waals surface area contributed by atoms with Crippen LogP contribution in [0.3, 0.4) is 0 Å². The Morgan fingerprint density at radius 3 is 1.72 bits per heavy atom. The molecule has 0 bridgehead atoms. The van der Waals surface area contributed by atoms with E-state index in [4.69, 9.17) is 0 Å². The van der Waals surface area contributed by atoms with E-state index in [1.807, 2.05) is 0 Å². The van der Waals surface area contributed by atoms with Gasteiger partial charge in [0, 0.05) is 4.90 Å². The third-order valence-electron chi connectivity index (χ3n) is 2.61. The summed E-state index contributed by atoms with van der Waals surface area (Å²) in [6, 6.07) is 3.49. The van der Waals surface area contributed by atoms with Crippen molar-refractivity contribution >= 4 is 17.7 Å². The van der Waals surface area contributed by atoms with Gasteiger partial charge in [0.2, 0.25) is 0 Å². The Labute approximate surface area is 137 Å². The van der Waals surface area contributed by atoms with Crippen molar-refractivity contribution in [2.75, 3.05) is 0 Å². The molecular formula is C12H6F9O3S-. The van der Waals surface area contributed by atoms with Gasteiger partial charge in [-0.2, -0.15) is 39.5 Å². The maximum atomic E-state index is 12.3. The predicted octanol–water partition coefficient (Wildman–Crippen LogP) is 3.57. The molecule has 0 spiro atoms. The van der Waals surface area contributed by atoms with E-state index >= 15 is 0 Å². The van der Waals surface area contributed by atoms with E-state index in [0.29, 0.717) is 0 Å². The second kappa shape index (κ2) is 6.94. The fourth-order valence-electron chi connectivity index (χ4n) is 1.43. The number of thioether (sulfide) groups is 1. The summed E-state index contributed by atoms with van der Waals surface area (Å²) in [5.74, 6) is -3.11. The Bertz CT molecular complexity index is 590. The molecule has 0 unspecified atom stereocenters. The minimum atomic E-state index is -6.49. The van der Waals surface area contributed by atoms with Crippen molar-refractivity contribution in [3.05, 3.63) is 29.8 Å². The van der Waals surface area contributed by atoms with Crippen LogP contribution in [0.1, 0.15) is 5.56 Å². The molecule has 0 aliphatic carbocycles. The lowest BCUT2D eigenvalue weighted by molar-refractivity contribution is -0.574. The highest BCUT2D eigenvalue weighted by Crippen LogP contribution is 2.42. The summed E-state index contributed by atoms with van der Waals surface area (Å²) in [5.41, 5.74) is -10.8. The first kappa shape index (κ1) is 21.4. The summed E-state index contributed by atoms with van der Waals surface area (Å²) < 4.78 is 114. The van der Waals surface area contributed by atoms with E-state index < -0.39 is 47.8 Å². The van der Waals surface area contributed by atoms with Crippen molar-refractivity contribution in [1.82, 2.24) is 0 Å². The van der Waals surface area contributed by atoms with E-state index in [2.05, 4.69) is 4.74 Å².